The quantitative estimate of drug-likeness (QED) is 0.622. The Labute approximate surface area is 190 Å². The maximum atomic E-state index is 12.9. The summed E-state index contributed by atoms with van der Waals surface area (Å²) < 4.78 is 25.8. The van der Waals surface area contributed by atoms with Gasteiger partial charge in [-0.1, -0.05) is 48.5 Å². The third-order valence-electron chi connectivity index (χ3n) is 7.39. The van der Waals surface area contributed by atoms with E-state index in [1.165, 1.54) is 27.9 Å². The van der Waals surface area contributed by atoms with E-state index in [0.717, 1.165) is 50.0 Å². The monoisotopic (exact) mass is 444 g/mol. The van der Waals surface area contributed by atoms with Crippen LogP contribution in [0.2, 0.25) is 0 Å². The fourth-order valence-corrected chi connectivity index (χ4v) is 7.49. The number of rotatable bonds is 2. The highest BCUT2D eigenvalue weighted by Gasteiger charge is 2.31. The number of anilines is 1. The molecule has 5 heteroatoms. The highest BCUT2D eigenvalue weighted by atomic mass is 32.2. The predicted octanol–water partition coefficient (Wildman–Crippen LogP) is 4.20. The summed E-state index contributed by atoms with van der Waals surface area (Å²) in [5, 5.41) is 7.07. The third kappa shape index (κ3) is 3.54. The molecule has 0 fully saturated rings. The lowest BCUT2D eigenvalue weighted by atomic mass is 9.84. The molecule has 2 atom stereocenters. The minimum Gasteiger partial charge on any atom is -0.384 e. The summed E-state index contributed by atoms with van der Waals surface area (Å²) in [7, 11) is -3.24. The molecule has 0 saturated carbocycles. The van der Waals surface area contributed by atoms with Crippen molar-refractivity contribution in [2.45, 2.75) is 42.5 Å². The Morgan fingerprint density at radius 1 is 0.781 bits per heavy atom. The molecule has 4 nitrogen and oxygen atoms in total. The van der Waals surface area contributed by atoms with Gasteiger partial charge in [0, 0.05) is 30.6 Å². The molecule has 0 bridgehead atoms. The summed E-state index contributed by atoms with van der Waals surface area (Å²) in [6.45, 7) is 2.96. The van der Waals surface area contributed by atoms with Crippen molar-refractivity contribution in [3.8, 4) is 0 Å². The fraction of sp³-hybridized carbons (Fsp3) is 0.333. The van der Waals surface area contributed by atoms with Gasteiger partial charge in [-0.3, -0.25) is 0 Å². The van der Waals surface area contributed by atoms with Gasteiger partial charge in [-0.2, -0.15) is 0 Å². The lowest BCUT2D eigenvalue weighted by Gasteiger charge is -2.30. The minimum atomic E-state index is -3.24. The molecule has 2 N–H and O–H groups in total. The highest BCUT2D eigenvalue weighted by molar-refractivity contribution is 7.91. The molecule has 3 heterocycles. The summed E-state index contributed by atoms with van der Waals surface area (Å²) >= 11 is 0. The summed E-state index contributed by atoms with van der Waals surface area (Å²) in [5.41, 5.74) is 8.88. The van der Waals surface area contributed by atoms with Crippen molar-refractivity contribution in [2.24, 2.45) is 0 Å². The van der Waals surface area contributed by atoms with Crippen LogP contribution in [-0.2, 0) is 35.6 Å². The number of hydrogen-bond acceptors (Lipinski definition) is 4. The van der Waals surface area contributed by atoms with Gasteiger partial charge < -0.3 is 10.6 Å². The zero-order valence-electron chi connectivity index (χ0n) is 18.1. The van der Waals surface area contributed by atoms with Crippen molar-refractivity contribution in [1.29, 1.82) is 0 Å². The molecule has 164 valence electrons. The second-order valence-electron chi connectivity index (χ2n) is 9.44. The Bertz CT molecular complexity index is 1300. The minimum absolute atomic E-state index is 0.0109. The van der Waals surface area contributed by atoms with Gasteiger partial charge in [0.2, 0.25) is 0 Å². The van der Waals surface area contributed by atoms with Gasteiger partial charge in [0.05, 0.1) is 10.6 Å². The molecule has 3 aromatic carbocycles. The van der Waals surface area contributed by atoms with Crippen molar-refractivity contribution in [3.63, 3.8) is 0 Å². The first kappa shape index (κ1) is 20.0. The van der Waals surface area contributed by atoms with E-state index >= 15 is 0 Å². The average Bonchev–Trinajstić information content (AvgIpc) is 2.82. The van der Waals surface area contributed by atoms with Crippen molar-refractivity contribution in [1.82, 2.24) is 5.32 Å². The molecule has 2 unspecified atom stereocenters. The first-order valence-electron chi connectivity index (χ1n) is 11.6. The molecule has 0 aromatic heterocycles. The summed E-state index contributed by atoms with van der Waals surface area (Å²) in [6, 6.07) is 21.0. The van der Waals surface area contributed by atoms with Crippen LogP contribution in [0.1, 0.15) is 45.2 Å². The summed E-state index contributed by atoms with van der Waals surface area (Å²) in [6.07, 6.45) is 2.87. The smallest absolute Gasteiger partial charge is 0.179 e. The predicted molar refractivity (Wildman–Crippen MR) is 128 cm³/mol. The van der Waals surface area contributed by atoms with Crippen LogP contribution in [0, 0.1) is 0 Å². The first-order chi connectivity index (χ1) is 15.6. The molecular formula is C27H28N2O2S. The van der Waals surface area contributed by atoms with E-state index in [-0.39, 0.29) is 11.7 Å². The van der Waals surface area contributed by atoms with Crippen LogP contribution in [0.4, 0.5) is 5.69 Å². The maximum absolute atomic E-state index is 12.9. The van der Waals surface area contributed by atoms with Gasteiger partial charge in [-0.25, -0.2) is 8.42 Å². The van der Waals surface area contributed by atoms with E-state index in [0.29, 0.717) is 10.8 Å². The molecule has 3 aliphatic rings. The van der Waals surface area contributed by atoms with Crippen LogP contribution in [0.5, 0.6) is 0 Å². The number of sulfone groups is 1. The van der Waals surface area contributed by atoms with Crippen LogP contribution >= 0.6 is 0 Å². The molecule has 6 rings (SSSR count). The van der Waals surface area contributed by atoms with Gasteiger partial charge in [0.25, 0.3) is 0 Å². The second-order valence-corrected chi connectivity index (χ2v) is 11.4. The normalized spacial score (nSPS) is 23.4. The Balaban J connectivity index is 1.28. The van der Waals surface area contributed by atoms with Crippen molar-refractivity contribution < 1.29 is 8.42 Å². The van der Waals surface area contributed by atoms with Gasteiger partial charge in [-0.05, 0) is 71.3 Å². The van der Waals surface area contributed by atoms with Crippen LogP contribution in [0.3, 0.4) is 0 Å². The number of hydrogen-bond donors (Lipinski definition) is 2. The van der Waals surface area contributed by atoms with E-state index in [4.69, 9.17) is 0 Å². The zero-order chi connectivity index (χ0) is 21.7. The number of benzene rings is 3. The van der Waals surface area contributed by atoms with E-state index in [1.807, 2.05) is 18.2 Å². The molecule has 0 radical (unpaired) electrons. The molecule has 0 saturated heterocycles. The standard InChI is InChI=1S/C27H28N2O2S/c30-32(31)17-25(13-21-3-1-2-4-27(21)32)19-7-8-26-23(12-19)14-24(16-29-26)18-5-6-22-15-28-10-9-20(22)11-18/h1-8,11-12,24-25,28-29H,9-10,13-17H2. The van der Waals surface area contributed by atoms with Crippen LogP contribution in [-0.4, -0.2) is 27.3 Å². The first-order valence-corrected chi connectivity index (χ1v) is 13.2. The molecule has 0 amide bonds. The lowest BCUT2D eigenvalue weighted by molar-refractivity contribution is 0.575. The average molecular weight is 445 g/mol. The molecule has 0 aliphatic carbocycles. The summed E-state index contributed by atoms with van der Waals surface area (Å²) in [5.74, 6) is 0.643. The van der Waals surface area contributed by atoms with Gasteiger partial charge in [-0.15, -0.1) is 0 Å². The van der Waals surface area contributed by atoms with Crippen molar-refractivity contribution in [3.05, 3.63) is 94.0 Å². The molecule has 32 heavy (non-hydrogen) atoms. The van der Waals surface area contributed by atoms with Gasteiger partial charge in [0.15, 0.2) is 9.84 Å². The van der Waals surface area contributed by atoms with Crippen LogP contribution in [0.15, 0.2) is 65.6 Å². The largest absolute Gasteiger partial charge is 0.384 e. The highest BCUT2D eigenvalue weighted by Crippen LogP contribution is 2.37. The Hall–Kier alpha value is -2.63. The lowest BCUT2D eigenvalue weighted by Crippen LogP contribution is -2.26. The number of fused-ring (bicyclic) bond motifs is 3. The van der Waals surface area contributed by atoms with Crippen molar-refractivity contribution in [2.75, 3.05) is 24.2 Å². The molecule has 0 spiro atoms. The second kappa shape index (κ2) is 7.75. The van der Waals surface area contributed by atoms with Crippen molar-refractivity contribution >= 4 is 15.5 Å². The number of nitrogens with one attached hydrogen (secondary N) is 2. The third-order valence-corrected chi connectivity index (χ3v) is 9.30. The van der Waals surface area contributed by atoms with Crippen LogP contribution in [0.25, 0.3) is 0 Å². The Morgan fingerprint density at radius 3 is 2.50 bits per heavy atom. The zero-order valence-corrected chi connectivity index (χ0v) is 18.9. The maximum Gasteiger partial charge on any atom is 0.179 e. The van der Waals surface area contributed by atoms with E-state index in [9.17, 15) is 8.42 Å². The van der Waals surface area contributed by atoms with E-state index in [1.54, 1.807) is 6.07 Å². The van der Waals surface area contributed by atoms with Crippen LogP contribution < -0.4 is 10.6 Å². The fourth-order valence-electron chi connectivity index (χ4n) is 5.64. The summed E-state index contributed by atoms with van der Waals surface area (Å²) in [4.78, 5) is 0.513. The van der Waals surface area contributed by atoms with Gasteiger partial charge >= 0.3 is 0 Å². The van der Waals surface area contributed by atoms with E-state index < -0.39 is 9.84 Å². The topological polar surface area (TPSA) is 58.2 Å². The Morgan fingerprint density at radius 2 is 1.56 bits per heavy atom. The van der Waals surface area contributed by atoms with Gasteiger partial charge in [0.1, 0.15) is 0 Å². The Kier molecular flexibility index (Phi) is 4.85. The molecule has 3 aliphatic heterocycles. The van der Waals surface area contributed by atoms with E-state index in [2.05, 4.69) is 47.0 Å². The molecule has 3 aromatic rings. The molecular weight excluding hydrogens is 416 g/mol. The SMILES string of the molecule is O=S1(=O)CC(c2ccc3c(c2)CC(c2ccc4c(c2)CCNC4)CN3)Cc2ccccc21.